The van der Waals surface area contributed by atoms with Crippen LogP contribution in [-0.2, 0) is 10.0 Å². The van der Waals surface area contributed by atoms with Crippen LogP contribution >= 0.6 is 0 Å². The lowest BCUT2D eigenvalue weighted by atomic mass is 10.1. The molecule has 1 rings (SSSR count). The Morgan fingerprint density at radius 3 is 2.05 bits per heavy atom. The Bertz CT molecular complexity index is 541. The zero-order valence-electron chi connectivity index (χ0n) is 12.9. The van der Waals surface area contributed by atoms with Gasteiger partial charge < -0.3 is 5.11 Å². The van der Waals surface area contributed by atoms with E-state index in [0.29, 0.717) is 17.2 Å². The summed E-state index contributed by atoms with van der Waals surface area (Å²) in [6.45, 7) is 9.34. The van der Waals surface area contributed by atoms with Gasteiger partial charge in [0.15, 0.2) is 0 Å². The van der Waals surface area contributed by atoms with Crippen LogP contribution in [0.15, 0.2) is 17.0 Å². The van der Waals surface area contributed by atoms with E-state index < -0.39 is 16.1 Å². The molecule has 1 atom stereocenters. The number of rotatable bonds is 6. The molecular formula is C15H25NO3S. The smallest absolute Gasteiger partial charge is 0.241 e. The molecule has 20 heavy (non-hydrogen) atoms. The highest BCUT2D eigenvalue weighted by atomic mass is 32.2. The summed E-state index contributed by atoms with van der Waals surface area (Å²) >= 11 is 0. The van der Waals surface area contributed by atoms with E-state index in [9.17, 15) is 13.5 Å². The fraction of sp³-hybridized carbons (Fsp3) is 0.600. The van der Waals surface area contributed by atoms with Crippen molar-refractivity contribution in [1.82, 2.24) is 4.72 Å². The van der Waals surface area contributed by atoms with Crippen LogP contribution < -0.4 is 4.72 Å². The monoisotopic (exact) mass is 299 g/mol. The Labute approximate surface area is 122 Å². The Kier molecular flexibility index (Phi) is 5.74. The first-order valence-corrected chi connectivity index (χ1v) is 8.36. The van der Waals surface area contributed by atoms with Crippen molar-refractivity contribution in [3.05, 3.63) is 28.8 Å². The topological polar surface area (TPSA) is 66.4 Å². The lowest BCUT2D eigenvalue weighted by Gasteiger charge is -2.20. The number of aryl methyl sites for hydroxylation is 3. The molecule has 114 valence electrons. The van der Waals surface area contributed by atoms with Gasteiger partial charge in [0.25, 0.3) is 0 Å². The lowest BCUT2D eigenvalue weighted by molar-refractivity contribution is 0.240. The zero-order valence-corrected chi connectivity index (χ0v) is 13.7. The molecule has 0 spiro atoms. The van der Waals surface area contributed by atoms with Gasteiger partial charge in [0.05, 0.1) is 11.5 Å². The number of aliphatic hydroxyl groups excluding tert-OH is 1. The van der Waals surface area contributed by atoms with Crippen LogP contribution in [0.1, 0.15) is 37.0 Å². The van der Waals surface area contributed by atoms with E-state index in [2.05, 4.69) is 4.72 Å². The fourth-order valence-corrected chi connectivity index (χ4v) is 4.29. The van der Waals surface area contributed by atoms with Crippen molar-refractivity contribution in [3.8, 4) is 0 Å². The van der Waals surface area contributed by atoms with Gasteiger partial charge in [0, 0.05) is 6.04 Å². The minimum atomic E-state index is -3.61. The van der Waals surface area contributed by atoms with Gasteiger partial charge in [0.2, 0.25) is 10.0 Å². The molecule has 0 fully saturated rings. The van der Waals surface area contributed by atoms with Crippen molar-refractivity contribution in [1.29, 1.82) is 0 Å². The molecule has 0 heterocycles. The van der Waals surface area contributed by atoms with E-state index in [1.165, 1.54) is 0 Å². The van der Waals surface area contributed by atoms with E-state index in [1.807, 2.05) is 32.9 Å². The van der Waals surface area contributed by atoms with Crippen molar-refractivity contribution in [2.45, 2.75) is 52.0 Å². The van der Waals surface area contributed by atoms with E-state index >= 15 is 0 Å². The first-order valence-electron chi connectivity index (χ1n) is 6.88. The zero-order chi connectivity index (χ0) is 15.5. The normalized spacial score (nSPS) is 13.8. The molecule has 0 unspecified atom stereocenters. The van der Waals surface area contributed by atoms with Crippen LogP contribution in [0.3, 0.4) is 0 Å². The summed E-state index contributed by atoms with van der Waals surface area (Å²) in [4.78, 5) is 0.324. The van der Waals surface area contributed by atoms with Crippen molar-refractivity contribution < 1.29 is 13.5 Å². The minimum absolute atomic E-state index is 0.193. The predicted molar refractivity (Wildman–Crippen MR) is 81.3 cm³/mol. The molecule has 1 aromatic rings. The summed E-state index contributed by atoms with van der Waals surface area (Å²) in [7, 11) is -3.61. The van der Waals surface area contributed by atoms with Crippen LogP contribution in [-0.4, -0.2) is 26.2 Å². The average Bonchev–Trinajstić information content (AvgIpc) is 2.24. The van der Waals surface area contributed by atoms with Crippen LogP contribution in [0.4, 0.5) is 0 Å². The third kappa shape index (κ3) is 4.30. The van der Waals surface area contributed by atoms with Crippen LogP contribution in [0.2, 0.25) is 0 Å². The van der Waals surface area contributed by atoms with E-state index in [1.54, 1.807) is 13.8 Å². The minimum Gasteiger partial charge on any atom is -0.395 e. The molecule has 0 saturated heterocycles. The van der Waals surface area contributed by atoms with Gasteiger partial charge in [-0.05, 0) is 44.2 Å². The molecule has 0 aliphatic heterocycles. The van der Waals surface area contributed by atoms with Crippen LogP contribution in [0.5, 0.6) is 0 Å². The van der Waals surface area contributed by atoms with Gasteiger partial charge in [-0.1, -0.05) is 31.5 Å². The summed E-state index contributed by atoms with van der Waals surface area (Å²) in [5, 5.41) is 9.34. The maximum Gasteiger partial charge on any atom is 0.241 e. The summed E-state index contributed by atoms with van der Waals surface area (Å²) in [5.41, 5.74) is 2.51. The van der Waals surface area contributed by atoms with E-state index in [0.717, 1.165) is 16.7 Å². The van der Waals surface area contributed by atoms with Gasteiger partial charge in [0.1, 0.15) is 0 Å². The van der Waals surface area contributed by atoms with Crippen LogP contribution in [0.25, 0.3) is 0 Å². The van der Waals surface area contributed by atoms with E-state index in [-0.39, 0.29) is 6.61 Å². The first kappa shape index (κ1) is 17.1. The second kappa shape index (κ2) is 6.70. The highest BCUT2D eigenvalue weighted by molar-refractivity contribution is 7.89. The molecule has 0 aromatic heterocycles. The fourth-order valence-electron chi connectivity index (χ4n) is 2.60. The lowest BCUT2D eigenvalue weighted by Crippen LogP contribution is -2.38. The molecule has 2 N–H and O–H groups in total. The van der Waals surface area contributed by atoms with Gasteiger partial charge in [-0.15, -0.1) is 0 Å². The second-order valence-corrected chi connectivity index (χ2v) is 7.51. The molecule has 0 saturated carbocycles. The maximum atomic E-state index is 12.5. The van der Waals surface area contributed by atoms with Gasteiger partial charge >= 0.3 is 0 Å². The van der Waals surface area contributed by atoms with Gasteiger partial charge in [-0.3, -0.25) is 0 Å². The number of hydrogen-bond acceptors (Lipinski definition) is 3. The summed E-state index contributed by atoms with van der Waals surface area (Å²) in [6.07, 6.45) is 0.611. The van der Waals surface area contributed by atoms with Gasteiger partial charge in [-0.2, -0.15) is 0 Å². The van der Waals surface area contributed by atoms with Crippen molar-refractivity contribution in [3.63, 3.8) is 0 Å². The SMILES string of the molecule is Cc1cc(C)c(S(=O)(=O)N[C@H](CO)CC(C)C)c(C)c1. The quantitative estimate of drug-likeness (QED) is 0.847. The summed E-state index contributed by atoms with van der Waals surface area (Å²) in [6, 6.07) is 3.27. The Morgan fingerprint density at radius 2 is 1.65 bits per heavy atom. The standard InChI is InChI=1S/C15H25NO3S/c1-10(2)6-14(9-17)16-20(18,19)15-12(4)7-11(3)8-13(15)5/h7-8,10,14,16-17H,6,9H2,1-5H3/t14-/m0/s1. The number of hydrogen-bond donors (Lipinski definition) is 2. The second-order valence-electron chi connectivity index (χ2n) is 5.86. The number of sulfonamides is 1. The van der Waals surface area contributed by atoms with Crippen molar-refractivity contribution in [2.75, 3.05) is 6.61 Å². The molecule has 4 nitrogen and oxygen atoms in total. The first-order chi connectivity index (χ1) is 9.17. The van der Waals surface area contributed by atoms with E-state index in [4.69, 9.17) is 0 Å². The predicted octanol–water partition coefficient (Wildman–Crippen LogP) is 2.30. The molecule has 0 bridgehead atoms. The number of aliphatic hydroxyl groups is 1. The highest BCUT2D eigenvalue weighted by Gasteiger charge is 2.23. The third-order valence-electron chi connectivity index (χ3n) is 3.17. The summed E-state index contributed by atoms with van der Waals surface area (Å²) < 4.78 is 27.6. The van der Waals surface area contributed by atoms with Crippen LogP contribution in [0, 0.1) is 26.7 Å². The number of nitrogens with one attached hydrogen (secondary N) is 1. The maximum absolute atomic E-state index is 12.5. The molecule has 1 aromatic carbocycles. The average molecular weight is 299 g/mol. The Morgan fingerprint density at radius 1 is 1.15 bits per heavy atom. The Hall–Kier alpha value is -0.910. The molecule has 0 aliphatic carbocycles. The molecular weight excluding hydrogens is 274 g/mol. The third-order valence-corrected chi connectivity index (χ3v) is 5.00. The van der Waals surface area contributed by atoms with Crippen molar-refractivity contribution in [2.24, 2.45) is 5.92 Å². The van der Waals surface area contributed by atoms with Crippen molar-refractivity contribution >= 4 is 10.0 Å². The highest BCUT2D eigenvalue weighted by Crippen LogP contribution is 2.22. The molecule has 0 radical (unpaired) electrons. The molecule has 5 heteroatoms. The molecule has 0 amide bonds. The largest absolute Gasteiger partial charge is 0.395 e. The number of benzene rings is 1. The summed E-state index contributed by atoms with van der Waals surface area (Å²) in [5.74, 6) is 0.315. The Balaban J connectivity index is 3.11. The molecule has 0 aliphatic rings. The van der Waals surface area contributed by atoms with Gasteiger partial charge in [-0.25, -0.2) is 13.1 Å².